The van der Waals surface area contributed by atoms with Gasteiger partial charge in [-0.25, -0.2) is 9.37 Å². The Morgan fingerprint density at radius 2 is 1.95 bits per heavy atom. The highest BCUT2D eigenvalue weighted by Gasteiger charge is 2.34. The fourth-order valence-electron chi connectivity index (χ4n) is 4.62. The quantitative estimate of drug-likeness (QED) is 0.492. The Bertz CT molecular complexity index is 1220. The Kier molecular flexibility index (Phi) is 8.41. The van der Waals surface area contributed by atoms with Crippen LogP contribution < -0.4 is 9.47 Å². The summed E-state index contributed by atoms with van der Waals surface area (Å²) in [5.74, 6) is 0.424. The van der Waals surface area contributed by atoms with Crippen LogP contribution in [0.25, 0.3) is 11.1 Å². The third kappa shape index (κ3) is 6.09. The second-order valence-electron chi connectivity index (χ2n) is 9.72. The van der Waals surface area contributed by atoms with E-state index in [-0.39, 0.29) is 42.3 Å². The van der Waals surface area contributed by atoms with Gasteiger partial charge in [0.15, 0.2) is 0 Å². The monoisotopic (exact) mass is 507 g/mol. The molecule has 0 unspecified atom stereocenters. The summed E-state index contributed by atoms with van der Waals surface area (Å²) in [6, 6.07) is 15.4. The molecule has 0 bridgehead atoms. The van der Waals surface area contributed by atoms with Crippen molar-refractivity contribution >= 4 is 5.91 Å². The van der Waals surface area contributed by atoms with Crippen LogP contribution in [-0.2, 0) is 6.54 Å². The zero-order valence-corrected chi connectivity index (χ0v) is 21.7. The first-order valence-electron chi connectivity index (χ1n) is 12.5. The third-order valence-electron chi connectivity index (χ3n) is 6.80. The molecule has 7 nitrogen and oxygen atoms in total. The van der Waals surface area contributed by atoms with E-state index in [9.17, 15) is 14.3 Å². The molecule has 0 saturated heterocycles. The molecule has 4 rings (SSSR count). The van der Waals surface area contributed by atoms with E-state index in [0.717, 1.165) is 16.7 Å². The van der Waals surface area contributed by atoms with Crippen LogP contribution in [0, 0.1) is 11.7 Å². The van der Waals surface area contributed by atoms with E-state index in [1.807, 2.05) is 45.2 Å². The van der Waals surface area contributed by atoms with Gasteiger partial charge >= 0.3 is 0 Å². The Morgan fingerprint density at radius 1 is 1.22 bits per heavy atom. The number of likely N-dealkylation sites (N-methyl/N-ethyl adjacent to an activating group) is 1. The first-order chi connectivity index (χ1) is 17.8. The van der Waals surface area contributed by atoms with Crippen molar-refractivity contribution in [2.75, 3.05) is 33.9 Å². The van der Waals surface area contributed by atoms with Crippen molar-refractivity contribution in [3.8, 4) is 22.8 Å². The second kappa shape index (κ2) is 11.7. The van der Waals surface area contributed by atoms with Crippen LogP contribution >= 0.6 is 0 Å². The molecular weight excluding hydrogens is 473 g/mol. The van der Waals surface area contributed by atoms with Gasteiger partial charge in [0.2, 0.25) is 5.88 Å². The Balaban J connectivity index is 1.67. The molecule has 8 heteroatoms. The summed E-state index contributed by atoms with van der Waals surface area (Å²) < 4.78 is 25.2. The zero-order valence-electron chi connectivity index (χ0n) is 21.7. The largest absolute Gasteiger partial charge is 0.496 e. The van der Waals surface area contributed by atoms with Gasteiger partial charge in [0.05, 0.1) is 19.8 Å². The van der Waals surface area contributed by atoms with E-state index in [1.165, 1.54) is 12.1 Å². The molecule has 37 heavy (non-hydrogen) atoms. The number of halogens is 1. The molecule has 0 radical (unpaired) electrons. The minimum atomic E-state index is -0.367. The molecule has 0 spiro atoms. The van der Waals surface area contributed by atoms with Crippen LogP contribution in [-0.4, -0.2) is 71.8 Å². The van der Waals surface area contributed by atoms with Crippen molar-refractivity contribution in [2.24, 2.45) is 5.92 Å². The number of hydrogen-bond acceptors (Lipinski definition) is 6. The maximum absolute atomic E-state index is 13.7. The summed E-state index contributed by atoms with van der Waals surface area (Å²) in [5.41, 5.74) is 2.90. The first kappa shape index (κ1) is 26.6. The molecular formula is C29H34FN3O4. The lowest BCUT2D eigenvalue weighted by molar-refractivity contribution is 0.0325. The van der Waals surface area contributed by atoms with Crippen molar-refractivity contribution in [2.45, 2.75) is 32.5 Å². The summed E-state index contributed by atoms with van der Waals surface area (Å²) in [4.78, 5) is 22.1. The molecule has 0 fully saturated rings. The van der Waals surface area contributed by atoms with Crippen LogP contribution in [0.2, 0.25) is 0 Å². The van der Waals surface area contributed by atoms with Crippen LogP contribution in [0.3, 0.4) is 0 Å². The number of benzene rings is 2. The minimum absolute atomic E-state index is 0.0301. The van der Waals surface area contributed by atoms with Crippen molar-refractivity contribution in [1.29, 1.82) is 0 Å². The number of nitrogens with zero attached hydrogens (tertiary/aromatic N) is 3. The number of hydrogen-bond donors (Lipinski definition) is 1. The first-order valence-corrected chi connectivity index (χ1v) is 12.5. The number of carbonyl (C=O) groups excluding carboxylic acids is 1. The van der Waals surface area contributed by atoms with Gasteiger partial charge in [-0.05, 0) is 43.8 Å². The maximum Gasteiger partial charge on any atom is 0.259 e. The number of fused-ring (bicyclic) bond motifs is 1. The highest BCUT2D eigenvalue weighted by molar-refractivity contribution is 5.98. The molecule has 2 aromatic carbocycles. The van der Waals surface area contributed by atoms with E-state index >= 15 is 0 Å². The summed E-state index contributed by atoms with van der Waals surface area (Å²) in [6.45, 7) is 5.34. The van der Waals surface area contributed by atoms with E-state index < -0.39 is 0 Å². The van der Waals surface area contributed by atoms with E-state index in [4.69, 9.17) is 9.47 Å². The molecule has 2 heterocycles. The molecule has 3 atom stereocenters. The predicted octanol–water partition coefficient (Wildman–Crippen LogP) is 4.25. The fraction of sp³-hybridized carbons (Fsp3) is 0.379. The number of rotatable bonds is 8. The van der Waals surface area contributed by atoms with Crippen LogP contribution in [0.15, 0.2) is 60.8 Å². The van der Waals surface area contributed by atoms with Crippen LogP contribution in [0.1, 0.15) is 29.8 Å². The van der Waals surface area contributed by atoms with Gasteiger partial charge in [-0.3, -0.25) is 9.69 Å². The molecule has 196 valence electrons. The van der Waals surface area contributed by atoms with Gasteiger partial charge in [0.25, 0.3) is 5.91 Å². The Morgan fingerprint density at radius 3 is 2.65 bits per heavy atom. The SMILES string of the molecule is COc1ccccc1-c1cnc2c(c1)C(=O)N([C@H](C)CO)C[C@H](C)[C@H](CN(C)Cc1ccc(F)cc1)O2. The number of para-hydroxylation sites is 1. The molecule has 1 N–H and O–H groups in total. The highest BCUT2D eigenvalue weighted by Crippen LogP contribution is 2.34. The molecule has 0 aliphatic carbocycles. The van der Waals surface area contributed by atoms with Gasteiger partial charge in [-0.1, -0.05) is 37.3 Å². The maximum atomic E-state index is 13.7. The molecule has 1 aliphatic heterocycles. The number of ether oxygens (including phenoxy) is 2. The lowest BCUT2D eigenvalue weighted by Crippen LogP contribution is -2.49. The van der Waals surface area contributed by atoms with Gasteiger partial charge in [-0.2, -0.15) is 0 Å². The average molecular weight is 508 g/mol. The predicted molar refractivity (Wildman–Crippen MR) is 140 cm³/mol. The summed E-state index contributed by atoms with van der Waals surface area (Å²) in [7, 11) is 3.59. The fourth-order valence-corrected chi connectivity index (χ4v) is 4.62. The van der Waals surface area contributed by atoms with Crippen LogP contribution in [0.5, 0.6) is 11.6 Å². The number of pyridine rings is 1. The molecule has 1 aromatic heterocycles. The Hall–Kier alpha value is -3.49. The smallest absolute Gasteiger partial charge is 0.259 e. The van der Waals surface area contributed by atoms with Gasteiger partial charge in [0, 0.05) is 42.9 Å². The Labute approximate surface area is 217 Å². The lowest BCUT2D eigenvalue weighted by Gasteiger charge is -2.37. The second-order valence-corrected chi connectivity index (χ2v) is 9.72. The minimum Gasteiger partial charge on any atom is -0.496 e. The van der Waals surface area contributed by atoms with Gasteiger partial charge in [0.1, 0.15) is 23.2 Å². The normalized spacial score (nSPS) is 18.6. The summed E-state index contributed by atoms with van der Waals surface area (Å²) in [6.07, 6.45) is 1.42. The highest BCUT2D eigenvalue weighted by atomic mass is 19.1. The lowest BCUT2D eigenvalue weighted by atomic mass is 9.99. The molecule has 1 aliphatic rings. The van der Waals surface area contributed by atoms with Crippen LogP contribution in [0.4, 0.5) is 4.39 Å². The number of amides is 1. The number of aliphatic hydroxyl groups is 1. The zero-order chi connectivity index (χ0) is 26.5. The van der Waals surface area contributed by atoms with Crippen molar-refractivity contribution < 1.29 is 23.8 Å². The van der Waals surface area contributed by atoms with Crippen molar-refractivity contribution in [3.63, 3.8) is 0 Å². The van der Waals surface area contributed by atoms with E-state index in [0.29, 0.717) is 30.9 Å². The molecule has 1 amide bonds. The number of carbonyl (C=O) groups is 1. The average Bonchev–Trinajstić information content (AvgIpc) is 2.91. The number of aromatic nitrogens is 1. The van der Waals surface area contributed by atoms with Crippen molar-refractivity contribution in [3.05, 3.63) is 77.7 Å². The standard InChI is InChI=1S/C29H34FN3O4/c1-19-15-33(20(2)18-34)29(35)25-13-22(24-7-5-6-8-26(24)36-4)14-31-28(25)37-27(19)17-32(3)16-21-9-11-23(30)12-10-21/h5-14,19-20,27,34H,15-18H2,1-4H3/t19-,20+,27-/m0/s1. The summed E-state index contributed by atoms with van der Waals surface area (Å²) >= 11 is 0. The van der Waals surface area contributed by atoms with Gasteiger partial charge < -0.3 is 19.5 Å². The number of methoxy groups -OCH3 is 1. The van der Waals surface area contributed by atoms with E-state index in [1.54, 1.807) is 36.4 Å². The number of aliphatic hydroxyl groups excluding tert-OH is 1. The molecule has 3 aromatic rings. The van der Waals surface area contributed by atoms with Gasteiger partial charge in [-0.15, -0.1) is 0 Å². The van der Waals surface area contributed by atoms with E-state index in [2.05, 4.69) is 9.88 Å². The third-order valence-corrected chi connectivity index (χ3v) is 6.80. The van der Waals surface area contributed by atoms with Crippen molar-refractivity contribution in [1.82, 2.24) is 14.8 Å². The summed E-state index contributed by atoms with van der Waals surface area (Å²) in [5, 5.41) is 9.90. The topological polar surface area (TPSA) is 75.1 Å². The molecule has 0 saturated carbocycles.